The van der Waals surface area contributed by atoms with Crippen LogP contribution in [0.5, 0.6) is 0 Å². The fourth-order valence-electron chi connectivity index (χ4n) is 1.34. The highest BCUT2D eigenvalue weighted by atomic mass is 32.2. The van der Waals surface area contributed by atoms with Crippen molar-refractivity contribution in [1.82, 2.24) is 4.72 Å². The maximum Gasteiger partial charge on any atom is 0.240 e. The van der Waals surface area contributed by atoms with Gasteiger partial charge in [-0.15, -0.1) is 0 Å². The van der Waals surface area contributed by atoms with Gasteiger partial charge >= 0.3 is 0 Å². The van der Waals surface area contributed by atoms with Crippen LogP contribution in [0, 0.1) is 0 Å². The van der Waals surface area contributed by atoms with Gasteiger partial charge in [0.25, 0.3) is 0 Å². The number of nitrogens with one attached hydrogen (secondary N) is 1. The number of benzene rings is 1. The van der Waals surface area contributed by atoms with Crippen molar-refractivity contribution in [2.75, 3.05) is 0 Å². The zero-order chi connectivity index (χ0) is 13.1. The minimum Gasteiger partial charge on any atom is -0.389 e. The van der Waals surface area contributed by atoms with Gasteiger partial charge in [-0.2, -0.15) is 0 Å². The molecule has 17 heavy (non-hydrogen) atoms. The predicted octanol–water partition coefficient (Wildman–Crippen LogP) is 1.82. The number of aliphatic hydroxyl groups excluding tert-OH is 1. The average molecular weight is 257 g/mol. The molecule has 1 rings (SSSR count). The van der Waals surface area contributed by atoms with Crippen LogP contribution in [-0.4, -0.2) is 19.6 Å². The fraction of sp³-hybridized carbons (Fsp3) is 0.500. The van der Waals surface area contributed by atoms with Gasteiger partial charge in [0.1, 0.15) is 0 Å². The highest BCUT2D eigenvalue weighted by molar-refractivity contribution is 7.89. The molecule has 5 heteroatoms. The van der Waals surface area contributed by atoms with Gasteiger partial charge in [-0.1, -0.05) is 19.1 Å². The van der Waals surface area contributed by atoms with Gasteiger partial charge in [-0.05, 0) is 38.0 Å². The molecule has 0 saturated carbocycles. The Morgan fingerprint density at radius 2 is 1.76 bits per heavy atom. The third-order valence-corrected chi connectivity index (χ3v) is 4.25. The van der Waals surface area contributed by atoms with Crippen molar-refractivity contribution in [3.63, 3.8) is 0 Å². The Morgan fingerprint density at radius 3 is 2.18 bits per heavy atom. The Balaban J connectivity index is 2.92. The topological polar surface area (TPSA) is 66.4 Å². The highest BCUT2D eigenvalue weighted by Gasteiger charge is 2.16. The first kappa shape index (κ1) is 14.2. The fourth-order valence-corrected chi connectivity index (χ4v) is 2.67. The average Bonchev–Trinajstić information content (AvgIpc) is 2.28. The molecule has 1 aromatic carbocycles. The molecule has 2 unspecified atom stereocenters. The third-order valence-electron chi connectivity index (χ3n) is 2.64. The molecule has 0 amide bonds. The number of hydrogen-bond acceptors (Lipinski definition) is 3. The second kappa shape index (κ2) is 5.62. The van der Waals surface area contributed by atoms with E-state index in [9.17, 15) is 13.5 Å². The number of rotatable bonds is 5. The molecule has 2 N–H and O–H groups in total. The summed E-state index contributed by atoms with van der Waals surface area (Å²) in [6.45, 7) is 5.38. The highest BCUT2D eigenvalue weighted by Crippen LogP contribution is 2.16. The molecule has 0 bridgehead atoms. The number of sulfonamides is 1. The summed E-state index contributed by atoms with van der Waals surface area (Å²) in [5, 5.41) is 9.34. The summed E-state index contributed by atoms with van der Waals surface area (Å²) in [5.41, 5.74) is 0.701. The number of aliphatic hydroxyl groups is 1. The zero-order valence-corrected chi connectivity index (χ0v) is 11.2. The van der Waals surface area contributed by atoms with Gasteiger partial charge in [0.05, 0.1) is 11.0 Å². The van der Waals surface area contributed by atoms with Crippen molar-refractivity contribution in [3.05, 3.63) is 29.8 Å². The smallest absolute Gasteiger partial charge is 0.240 e. The SMILES string of the molecule is CCC(C)NS(=O)(=O)c1ccc(C(C)O)cc1. The van der Waals surface area contributed by atoms with E-state index in [-0.39, 0.29) is 10.9 Å². The number of hydrogen-bond donors (Lipinski definition) is 2. The van der Waals surface area contributed by atoms with Crippen LogP contribution in [0.1, 0.15) is 38.9 Å². The minimum atomic E-state index is -3.45. The maximum atomic E-state index is 11.9. The minimum absolute atomic E-state index is 0.0866. The van der Waals surface area contributed by atoms with Crippen LogP contribution >= 0.6 is 0 Å². The molecule has 4 nitrogen and oxygen atoms in total. The molecule has 1 aromatic rings. The predicted molar refractivity (Wildman–Crippen MR) is 67.2 cm³/mol. The zero-order valence-electron chi connectivity index (χ0n) is 10.3. The van der Waals surface area contributed by atoms with E-state index < -0.39 is 16.1 Å². The summed E-state index contributed by atoms with van der Waals surface area (Å²) in [5.74, 6) is 0. The summed E-state index contributed by atoms with van der Waals surface area (Å²) < 4.78 is 26.4. The van der Waals surface area contributed by atoms with Crippen molar-refractivity contribution in [1.29, 1.82) is 0 Å². The lowest BCUT2D eigenvalue weighted by Gasteiger charge is -2.12. The summed E-state index contributed by atoms with van der Waals surface area (Å²) >= 11 is 0. The second-order valence-electron chi connectivity index (χ2n) is 4.18. The van der Waals surface area contributed by atoms with Crippen LogP contribution < -0.4 is 4.72 Å². The second-order valence-corrected chi connectivity index (χ2v) is 5.89. The molecule has 2 atom stereocenters. The standard InChI is InChI=1S/C12H19NO3S/c1-4-9(2)13-17(15,16)12-7-5-11(6-8-12)10(3)14/h5-10,13-14H,4H2,1-3H3. The Hall–Kier alpha value is -0.910. The Labute approximate surface area is 103 Å². The summed E-state index contributed by atoms with van der Waals surface area (Å²) in [7, 11) is -3.45. The molecule has 96 valence electrons. The Kier molecular flexibility index (Phi) is 4.68. The van der Waals surface area contributed by atoms with E-state index >= 15 is 0 Å². The quantitative estimate of drug-likeness (QED) is 0.845. The van der Waals surface area contributed by atoms with Crippen LogP contribution in [0.2, 0.25) is 0 Å². The lowest BCUT2D eigenvalue weighted by atomic mass is 10.1. The van der Waals surface area contributed by atoms with Crippen molar-refractivity contribution in [3.8, 4) is 0 Å². The van der Waals surface area contributed by atoms with Gasteiger partial charge in [-0.25, -0.2) is 13.1 Å². The van der Waals surface area contributed by atoms with E-state index in [1.54, 1.807) is 19.1 Å². The van der Waals surface area contributed by atoms with E-state index in [4.69, 9.17) is 0 Å². The van der Waals surface area contributed by atoms with E-state index in [2.05, 4.69) is 4.72 Å². The molecule has 0 spiro atoms. The molecule has 0 radical (unpaired) electrons. The van der Waals surface area contributed by atoms with Crippen molar-refractivity contribution in [2.24, 2.45) is 0 Å². The van der Waals surface area contributed by atoms with Crippen LogP contribution in [0.15, 0.2) is 29.2 Å². The molecule has 0 fully saturated rings. The molecule has 0 saturated heterocycles. The molecular formula is C12H19NO3S. The molecule has 0 heterocycles. The molecule has 0 aromatic heterocycles. The molecule has 0 aliphatic heterocycles. The largest absolute Gasteiger partial charge is 0.389 e. The van der Waals surface area contributed by atoms with Crippen molar-refractivity contribution < 1.29 is 13.5 Å². The van der Waals surface area contributed by atoms with Crippen LogP contribution in [-0.2, 0) is 10.0 Å². The van der Waals surface area contributed by atoms with E-state index in [0.29, 0.717) is 5.56 Å². The van der Waals surface area contributed by atoms with Gasteiger partial charge in [0.15, 0.2) is 0 Å². The van der Waals surface area contributed by atoms with E-state index in [1.165, 1.54) is 12.1 Å². The first-order valence-electron chi connectivity index (χ1n) is 5.67. The normalized spacial score (nSPS) is 15.5. The summed E-state index contributed by atoms with van der Waals surface area (Å²) in [6, 6.07) is 6.17. The van der Waals surface area contributed by atoms with Crippen LogP contribution in [0.25, 0.3) is 0 Å². The van der Waals surface area contributed by atoms with E-state index in [1.807, 2.05) is 13.8 Å². The molecule has 0 aliphatic rings. The first-order chi connectivity index (χ1) is 7.86. The van der Waals surface area contributed by atoms with Crippen LogP contribution in [0.4, 0.5) is 0 Å². The van der Waals surface area contributed by atoms with Gasteiger partial charge in [-0.3, -0.25) is 0 Å². The first-order valence-corrected chi connectivity index (χ1v) is 7.15. The molecular weight excluding hydrogens is 238 g/mol. The van der Waals surface area contributed by atoms with Gasteiger partial charge < -0.3 is 5.11 Å². The summed E-state index contributed by atoms with van der Waals surface area (Å²) in [4.78, 5) is 0.224. The van der Waals surface area contributed by atoms with E-state index in [0.717, 1.165) is 6.42 Å². The van der Waals surface area contributed by atoms with Crippen molar-refractivity contribution >= 4 is 10.0 Å². The maximum absolute atomic E-state index is 11.9. The Bertz CT molecular complexity index is 451. The monoisotopic (exact) mass is 257 g/mol. The van der Waals surface area contributed by atoms with Gasteiger partial charge in [0, 0.05) is 6.04 Å². The third kappa shape index (κ3) is 3.80. The van der Waals surface area contributed by atoms with Gasteiger partial charge in [0.2, 0.25) is 10.0 Å². The van der Waals surface area contributed by atoms with Crippen LogP contribution in [0.3, 0.4) is 0 Å². The lowest BCUT2D eigenvalue weighted by molar-refractivity contribution is 0.199. The van der Waals surface area contributed by atoms with Crippen molar-refractivity contribution in [2.45, 2.75) is 44.2 Å². The Morgan fingerprint density at radius 1 is 1.24 bits per heavy atom. The molecule has 0 aliphatic carbocycles. The lowest BCUT2D eigenvalue weighted by Crippen LogP contribution is -2.31. The summed E-state index contributed by atoms with van der Waals surface area (Å²) in [6.07, 6.45) is 0.152.